The molecule has 0 atom stereocenters. The summed E-state index contributed by atoms with van der Waals surface area (Å²) in [4.78, 5) is 4.41. The number of nitrogens with two attached hydrogens (primary N) is 1. The highest BCUT2D eigenvalue weighted by Crippen LogP contribution is 2.17. The Labute approximate surface area is 101 Å². The van der Waals surface area contributed by atoms with Crippen molar-refractivity contribution < 1.29 is 0 Å². The smallest absolute Gasteiger partial charge is 0.206 e. The van der Waals surface area contributed by atoms with Crippen LogP contribution in [0.4, 0.5) is 0 Å². The Morgan fingerprint density at radius 3 is 2.94 bits per heavy atom. The number of nitrogens with one attached hydrogen (secondary N) is 2. The van der Waals surface area contributed by atoms with Crippen molar-refractivity contribution in [2.75, 3.05) is 0 Å². The van der Waals surface area contributed by atoms with Crippen LogP contribution >= 0.6 is 0 Å². The van der Waals surface area contributed by atoms with E-state index in [1.54, 1.807) is 4.68 Å². The second-order valence-electron chi connectivity index (χ2n) is 4.46. The zero-order chi connectivity index (χ0) is 12.1. The van der Waals surface area contributed by atoms with E-state index < -0.39 is 0 Å². The van der Waals surface area contributed by atoms with Gasteiger partial charge in [0.15, 0.2) is 0 Å². The molecule has 94 valence electrons. The summed E-state index contributed by atoms with van der Waals surface area (Å²) in [5.41, 5.74) is 3.69. The fraction of sp³-hybridized carbons (Fsp3) is 0.636. The first-order valence-corrected chi connectivity index (χ1v) is 6.03. The first-order valence-electron chi connectivity index (χ1n) is 6.03. The molecule has 0 amide bonds. The summed E-state index contributed by atoms with van der Waals surface area (Å²) in [7, 11) is 1.89. The molecule has 1 fully saturated rings. The van der Waals surface area contributed by atoms with E-state index >= 15 is 0 Å². The third kappa shape index (κ3) is 3.45. The van der Waals surface area contributed by atoms with Crippen LogP contribution in [0.25, 0.3) is 0 Å². The van der Waals surface area contributed by atoms with Gasteiger partial charge in [0.2, 0.25) is 5.96 Å². The third-order valence-electron chi connectivity index (χ3n) is 3.01. The maximum absolute atomic E-state index is 5.46. The average molecular weight is 236 g/mol. The van der Waals surface area contributed by atoms with Gasteiger partial charge >= 0.3 is 0 Å². The molecule has 17 heavy (non-hydrogen) atoms. The second kappa shape index (κ2) is 5.67. The van der Waals surface area contributed by atoms with Gasteiger partial charge in [-0.05, 0) is 12.8 Å². The van der Waals surface area contributed by atoms with Crippen LogP contribution in [0.1, 0.15) is 31.2 Å². The summed E-state index contributed by atoms with van der Waals surface area (Å²) in [5, 5.41) is 7.43. The number of rotatable bonds is 3. The van der Waals surface area contributed by atoms with Gasteiger partial charge in [0, 0.05) is 24.8 Å². The summed E-state index contributed by atoms with van der Waals surface area (Å²) in [6.45, 7) is 0.590. The van der Waals surface area contributed by atoms with Gasteiger partial charge in [0.05, 0.1) is 12.7 Å². The molecule has 0 aromatic carbocycles. The number of guanidine groups is 1. The lowest BCUT2D eigenvalue weighted by atomic mass is 10.2. The summed E-state index contributed by atoms with van der Waals surface area (Å²) in [5.74, 6) is 6.12. The van der Waals surface area contributed by atoms with E-state index in [0.717, 1.165) is 5.56 Å². The first-order chi connectivity index (χ1) is 8.28. The van der Waals surface area contributed by atoms with Crippen molar-refractivity contribution in [2.45, 2.75) is 38.3 Å². The minimum Gasteiger partial charge on any atom is -0.353 e. The molecular formula is C11H20N6. The van der Waals surface area contributed by atoms with E-state index in [0.29, 0.717) is 18.5 Å². The van der Waals surface area contributed by atoms with Gasteiger partial charge in [-0.25, -0.2) is 10.8 Å². The number of hydrazine groups is 1. The van der Waals surface area contributed by atoms with Gasteiger partial charge in [-0.2, -0.15) is 5.10 Å². The summed E-state index contributed by atoms with van der Waals surface area (Å²) >= 11 is 0. The van der Waals surface area contributed by atoms with Gasteiger partial charge in [0.25, 0.3) is 0 Å². The summed E-state index contributed by atoms with van der Waals surface area (Å²) in [6.07, 6.45) is 8.75. The van der Waals surface area contributed by atoms with Crippen molar-refractivity contribution in [3.63, 3.8) is 0 Å². The Balaban J connectivity index is 1.88. The minimum atomic E-state index is 0.513. The van der Waals surface area contributed by atoms with Crippen molar-refractivity contribution in [3.05, 3.63) is 18.0 Å². The highest BCUT2D eigenvalue weighted by atomic mass is 15.3. The zero-order valence-corrected chi connectivity index (χ0v) is 10.2. The predicted molar refractivity (Wildman–Crippen MR) is 67.1 cm³/mol. The van der Waals surface area contributed by atoms with Crippen LogP contribution in [0, 0.1) is 0 Å². The molecule has 1 aromatic heterocycles. The molecule has 1 heterocycles. The van der Waals surface area contributed by atoms with Crippen LogP contribution in [0.2, 0.25) is 0 Å². The normalized spacial score (nSPS) is 17.4. The molecule has 0 saturated heterocycles. The maximum atomic E-state index is 5.46. The predicted octanol–water partition coefficient (Wildman–Crippen LogP) is 0.272. The Kier molecular flexibility index (Phi) is 3.98. The molecule has 6 nitrogen and oxygen atoms in total. The largest absolute Gasteiger partial charge is 0.353 e. The molecule has 0 spiro atoms. The number of aromatic nitrogens is 2. The van der Waals surface area contributed by atoms with Crippen LogP contribution in [-0.4, -0.2) is 21.8 Å². The molecule has 6 heteroatoms. The molecular weight excluding hydrogens is 216 g/mol. The Morgan fingerprint density at radius 2 is 2.35 bits per heavy atom. The maximum Gasteiger partial charge on any atom is 0.206 e. The topological polar surface area (TPSA) is 80.3 Å². The lowest BCUT2D eigenvalue weighted by Gasteiger charge is -2.14. The molecule has 0 aliphatic heterocycles. The molecule has 0 unspecified atom stereocenters. The highest BCUT2D eigenvalue weighted by molar-refractivity contribution is 5.79. The van der Waals surface area contributed by atoms with Crippen LogP contribution in [-0.2, 0) is 13.6 Å². The van der Waals surface area contributed by atoms with Crippen molar-refractivity contribution >= 4 is 5.96 Å². The minimum absolute atomic E-state index is 0.513. The standard InChI is InChI=1S/C11H20N6/c1-17-8-9(7-14-17)6-13-11(16-12)15-10-4-2-3-5-10/h7-8,10H,2-6,12H2,1H3,(H2,13,15,16). The molecule has 2 rings (SSSR count). The summed E-state index contributed by atoms with van der Waals surface area (Å²) in [6, 6.07) is 0.513. The zero-order valence-electron chi connectivity index (χ0n) is 10.2. The molecule has 1 aliphatic carbocycles. The SMILES string of the molecule is Cn1cc(CN=C(NN)NC2CCCC2)cn1. The number of hydrogen-bond donors (Lipinski definition) is 3. The van der Waals surface area contributed by atoms with Crippen LogP contribution in [0.5, 0.6) is 0 Å². The second-order valence-corrected chi connectivity index (χ2v) is 4.46. The van der Waals surface area contributed by atoms with Crippen LogP contribution in [0.15, 0.2) is 17.4 Å². The van der Waals surface area contributed by atoms with Gasteiger partial charge in [-0.1, -0.05) is 12.8 Å². The average Bonchev–Trinajstić information content (AvgIpc) is 2.96. The lowest BCUT2D eigenvalue weighted by molar-refractivity contribution is 0.614. The van der Waals surface area contributed by atoms with Gasteiger partial charge in [-0.3, -0.25) is 10.1 Å². The van der Waals surface area contributed by atoms with E-state index in [1.807, 2.05) is 19.4 Å². The van der Waals surface area contributed by atoms with E-state index in [1.165, 1.54) is 25.7 Å². The third-order valence-corrected chi connectivity index (χ3v) is 3.01. The van der Waals surface area contributed by atoms with E-state index in [-0.39, 0.29) is 0 Å². The summed E-state index contributed by atoms with van der Waals surface area (Å²) < 4.78 is 1.77. The van der Waals surface area contributed by atoms with Gasteiger partial charge < -0.3 is 5.32 Å². The molecule has 1 aromatic rings. The molecule has 4 N–H and O–H groups in total. The van der Waals surface area contributed by atoms with Crippen molar-refractivity contribution in [3.8, 4) is 0 Å². The highest BCUT2D eigenvalue weighted by Gasteiger charge is 2.15. The lowest BCUT2D eigenvalue weighted by Crippen LogP contribution is -2.45. The van der Waals surface area contributed by atoms with Crippen molar-refractivity contribution in [1.29, 1.82) is 0 Å². The first kappa shape index (κ1) is 11.9. The number of aryl methyl sites for hydroxylation is 1. The van der Waals surface area contributed by atoms with Crippen molar-refractivity contribution in [2.24, 2.45) is 17.9 Å². The molecule has 0 radical (unpaired) electrons. The molecule has 1 aliphatic rings. The Bertz CT molecular complexity index is 377. The Hall–Kier alpha value is -1.56. The van der Waals surface area contributed by atoms with Gasteiger partial charge in [-0.15, -0.1) is 0 Å². The molecule has 0 bridgehead atoms. The fourth-order valence-corrected chi connectivity index (χ4v) is 2.12. The fourth-order valence-electron chi connectivity index (χ4n) is 2.12. The van der Waals surface area contributed by atoms with Crippen LogP contribution < -0.4 is 16.6 Å². The number of hydrogen-bond acceptors (Lipinski definition) is 3. The number of aliphatic imine (C=N–C) groups is 1. The Morgan fingerprint density at radius 1 is 1.59 bits per heavy atom. The van der Waals surface area contributed by atoms with Crippen molar-refractivity contribution in [1.82, 2.24) is 20.5 Å². The van der Waals surface area contributed by atoms with E-state index in [9.17, 15) is 0 Å². The van der Waals surface area contributed by atoms with Gasteiger partial charge in [0.1, 0.15) is 0 Å². The quantitative estimate of drug-likeness (QED) is 0.305. The monoisotopic (exact) mass is 236 g/mol. The van der Waals surface area contributed by atoms with Crippen LogP contribution in [0.3, 0.4) is 0 Å². The number of nitrogens with zero attached hydrogens (tertiary/aromatic N) is 3. The van der Waals surface area contributed by atoms with E-state index in [2.05, 4.69) is 20.8 Å². The molecule has 1 saturated carbocycles. The van der Waals surface area contributed by atoms with E-state index in [4.69, 9.17) is 5.84 Å².